The summed E-state index contributed by atoms with van der Waals surface area (Å²) in [4.78, 5) is 2.44. The predicted molar refractivity (Wildman–Crippen MR) is 63.6 cm³/mol. The summed E-state index contributed by atoms with van der Waals surface area (Å²) in [6.07, 6.45) is 2.54. The van der Waals surface area contributed by atoms with Crippen LogP contribution in [0.3, 0.4) is 0 Å². The van der Waals surface area contributed by atoms with Crippen molar-refractivity contribution >= 4 is 0 Å². The average Bonchev–Trinajstić information content (AvgIpc) is 2.29. The Bertz CT molecular complexity index is 297. The van der Waals surface area contributed by atoms with Crippen LogP contribution in [-0.2, 0) is 0 Å². The first-order chi connectivity index (χ1) is 7.33. The van der Waals surface area contributed by atoms with Gasteiger partial charge in [-0.2, -0.15) is 0 Å². The molecule has 1 fully saturated rings. The van der Waals surface area contributed by atoms with Gasteiger partial charge in [0.2, 0.25) is 0 Å². The highest BCUT2D eigenvalue weighted by atomic mass is 15.1. The summed E-state index contributed by atoms with van der Waals surface area (Å²) >= 11 is 0. The third-order valence-corrected chi connectivity index (χ3v) is 3.45. The van der Waals surface area contributed by atoms with E-state index in [0.717, 1.165) is 6.54 Å². The molecule has 0 bridgehead atoms. The topological polar surface area (TPSA) is 29.3 Å². The first-order valence-corrected chi connectivity index (χ1v) is 5.78. The van der Waals surface area contributed by atoms with Crippen molar-refractivity contribution in [1.82, 2.24) is 4.90 Å². The maximum Gasteiger partial charge on any atom is 0.0385 e. The van der Waals surface area contributed by atoms with Gasteiger partial charge in [0.15, 0.2) is 0 Å². The minimum Gasteiger partial charge on any atom is -0.330 e. The van der Waals surface area contributed by atoms with Crippen molar-refractivity contribution in [2.24, 2.45) is 11.7 Å². The molecule has 1 aliphatic heterocycles. The lowest BCUT2D eigenvalue weighted by Gasteiger charge is -2.39. The highest BCUT2D eigenvalue weighted by molar-refractivity contribution is 5.20. The maximum absolute atomic E-state index is 5.87. The second-order valence-corrected chi connectivity index (χ2v) is 4.47. The Balaban J connectivity index is 2.23. The Morgan fingerprint density at radius 2 is 2.07 bits per heavy atom. The highest BCUT2D eigenvalue weighted by Gasteiger charge is 2.28. The van der Waals surface area contributed by atoms with Gasteiger partial charge in [-0.3, -0.25) is 4.90 Å². The number of piperidine rings is 1. The molecular formula is C13H20N2. The van der Waals surface area contributed by atoms with Crippen LogP contribution in [0.4, 0.5) is 0 Å². The standard InChI is InChI=1S/C13H20N2/c1-15-9-5-8-12(10-14)13(15)11-6-3-2-4-7-11/h2-4,6-7,12-13H,5,8-10,14H2,1H3/t12-,13-/m0/s1. The van der Waals surface area contributed by atoms with Crippen LogP contribution in [0.15, 0.2) is 30.3 Å². The molecular weight excluding hydrogens is 184 g/mol. The zero-order valence-corrected chi connectivity index (χ0v) is 9.39. The SMILES string of the molecule is CN1CCC[C@@H](CN)[C@@H]1c1ccccc1. The van der Waals surface area contributed by atoms with Crippen molar-refractivity contribution < 1.29 is 0 Å². The van der Waals surface area contributed by atoms with Crippen LogP contribution in [0.1, 0.15) is 24.4 Å². The third kappa shape index (κ3) is 2.21. The van der Waals surface area contributed by atoms with Gasteiger partial charge < -0.3 is 5.73 Å². The summed E-state index contributed by atoms with van der Waals surface area (Å²) < 4.78 is 0. The molecule has 2 N–H and O–H groups in total. The number of nitrogens with zero attached hydrogens (tertiary/aromatic N) is 1. The molecule has 0 amide bonds. The van der Waals surface area contributed by atoms with Gasteiger partial charge in [-0.1, -0.05) is 30.3 Å². The molecule has 2 nitrogen and oxygen atoms in total. The fraction of sp³-hybridized carbons (Fsp3) is 0.538. The van der Waals surface area contributed by atoms with Crippen LogP contribution < -0.4 is 5.73 Å². The van der Waals surface area contributed by atoms with Crippen molar-refractivity contribution in [2.45, 2.75) is 18.9 Å². The number of hydrogen-bond donors (Lipinski definition) is 1. The van der Waals surface area contributed by atoms with Crippen LogP contribution in [-0.4, -0.2) is 25.0 Å². The number of hydrogen-bond acceptors (Lipinski definition) is 2. The molecule has 2 atom stereocenters. The Morgan fingerprint density at radius 3 is 2.73 bits per heavy atom. The van der Waals surface area contributed by atoms with E-state index in [-0.39, 0.29) is 0 Å². The molecule has 2 rings (SSSR count). The van der Waals surface area contributed by atoms with Gasteiger partial charge in [0.25, 0.3) is 0 Å². The lowest BCUT2D eigenvalue weighted by molar-refractivity contribution is 0.125. The third-order valence-electron chi connectivity index (χ3n) is 3.45. The summed E-state index contributed by atoms with van der Waals surface area (Å²) in [6.45, 7) is 1.99. The number of nitrogens with two attached hydrogens (primary N) is 1. The lowest BCUT2D eigenvalue weighted by atomic mass is 9.85. The van der Waals surface area contributed by atoms with E-state index in [4.69, 9.17) is 5.73 Å². The second-order valence-electron chi connectivity index (χ2n) is 4.47. The fourth-order valence-corrected chi connectivity index (χ4v) is 2.68. The predicted octanol–water partition coefficient (Wildman–Crippen LogP) is 2.03. The largest absolute Gasteiger partial charge is 0.330 e. The average molecular weight is 204 g/mol. The van der Waals surface area contributed by atoms with Crippen molar-refractivity contribution in [2.75, 3.05) is 20.1 Å². The van der Waals surface area contributed by atoms with E-state index < -0.39 is 0 Å². The summed E-state index contributed by atoms with van der Waals surface area (Å²) in [5.41, 5.74) is 7.28. The van der Waals surface area contributed by atoms with Gasteiger partial charge in [-0.15, -0.1) is 0 Å². The molecule has 1 aromatic rings. The molecule has 1 aromatic carbocycles. The van der Waals surface area contributed by atoms with Gasteiger partial charge in [0, 0.05) is 6.04 Å². The second kappa shape index (κ2) is 4.77. The maximum atomic E-state index is 5.87. The smallest absolute Gasteiger partial charge is 0.0385 e. The first-order valence-electron chi connectivity index (χ1n) is 5.78. The molecule has 1 saturated heterocycles. The van der Waals surface area contributed by atoms with Crippen molar-refractivity contribution in [3.8, 4) is 0 Å². The molecule has 0 unspecified atom stereocenters. The van der Waals surface area contributed by atoms with E-state index in [1.165, 1.54) is 24.9 Å². The number of benzene rings is 1. The van der Waals surface area contributed by atoms with Gasteiger partial charge in [0.1, 0.15) is 0 Å². The Kier molecular flexibility index (Phi) is 3.39. The normalized spacial score (nSPS) is 27.9. The Labute approximate surface area is 92.1 Å². The fourth-order valence-electron chi connectivity index (χ4n) is 2.68. The molecule has 15 heavy (non-hydrogen) atoms. The van der Waals surface area contributed by atoms with E-state index in [1.54, 1.807) is 0 Å². The van der Waals surface area contributed by atoms with E-state index in [2.05, 4.69) is 42.3 Å². The highest BCUT2D eigenvalue weighted by Crippen LogP contribution is 2.33. The van der Waals surface area contributed by atoms with Gasteiger partial charge in [-0.25, -0.2) is 0 Å². The molecule has 0 aromatic heterocycles. The van der Waals surface area contributed by atoms with E-state index >= 15 is 0 Å². The molecule has 0 saturated carbocycles. The molecule has 1 aliphatic rings. The number of likely N-dealkylation sites (tertiary alicyclic amines) is 1. The zero-order valence-electron chi connectivity index (χ0n) is 9.39. The molecule has 1 heterocycles. The zero-order chi connectivity index (χ0) is 10.7. The van der Waals surface area contributed by atoms with Crippen molar-refractivity contribution in [1.29, 1.82) is 0 Å². The van der Waals surface area contributed by atoms with E-state index in [0.29, 0.717) is 12.0 Å². The number of rotatable bonds is 2. The molecule has 0 radical (unpaired) electrons. The van der Waals surface area contributed by atoms with Crippen LogP contribution >= 0.6 is 0 Å². The van der Waals surface area contributed by atoms with E-state index in [1.807, 2.05) is 0 Å². The summed E-state index contributed by atoms with van der Waals surface area (Å²) in [5, 5.41) is 0. The van der Waals surface area contributed by atoms with Gasteiger partial charge in [0.05, 0.1) is 0 Å². The van der Waals surface area contributed by atoms with Crippen LogP contribution in [0.25, 0.3) is 0 Å². The molecule has 82 valence electrons. The first kappa shape index (κ1) is 10.7. The molecule has 0 spiro atoms. The van der Waals surface area contributed by atoms with Gasteiger partial charge >= 0.3 is 0 Å². The summed E-state index contributed by atoms with van der Waals surface area (Å²) in [6, 6.07) is 11.3. The van der Waals surface area contributed by atoms with E-state index in [9.17, 15) is 0 Å². The van der Waals surface area contributed by atoms with Gasteiger partial charge in [-0.05, 0) is 44.5 Å². The minimum absolute atomic E-state index is 0.518. The van der Waals surface area contributed by atoms with Crippen molar-refractivity contribution in [3.63, 3.8) is 0 Å². The van der Waals surface area contributed by atoms with Crippen LogP contribution in [0, 0.1) is 5.92 Å². The minimum atomic E-state index is 0.518. The molecule has 2 heteroatoms. The Morgan fingerprint density at radius 1 is 1.33 bits per heavy atom. The lowest BCUT2D eigenvalue weighted by Crippen LogP contribution is -2.39. The van der Waals surface area contributed by atoms with Crippen LogP contribution in [0.2, 0.25) is 0 Å². The van der Waals surface area contributed by atoms with Crippen molar-refractivity contribution in [3.05, 3.63) is 35.9 Å². The van der Waals surface area contributed by atoms with Crippen LogP contribution in [0.5, 0.6) is 0 Å². The monoisotopic (exact) mass is 204 g/mol. The summed E-state index contributed by atoms with van der Waals surface area (Å²) in [7, 11) is 2.21. The summed E-state index contributed by atoms with van der Waals surface area (Å²) in [5.74, 6) is 0.617. The Hall–Kier alpha value is -0.860. The quantitative estimate of drug-likeness (QED) is 0.798. The molecule has 0 aliphatic carbocycles.